The predicted octanol–water partition coefficient (Wildman–Crippen LogP) is 5.59. The second-order valence-electron chi connectivity index (χ2n) is 6.42. The van der Waals surface area contributed by atoms with Gasteiger partial charge in [-0.25, -0.2) is 8.42 Å². The number of anilines is 1. The number of rotatable bonds is 7. The van der Waals surface area contributed by atoms with Crippen LogP contribution in [-0.4, -0.2) is 25.2 Å². The quantitative estimate of drug-likeness (QED) is 0.435. The van der Waals surface area contributed by atoms with Crippen LogP contribution in [0.4, 0.5) is 5.69 Å². The second kappa shape index (κ2) is 9.94. The van der Waals surface area contributed by atoms with E-state index in [1.54, 1.807) is 30.3 Å². The number of nitrogens with one attached hydrogen (secondary N) is 1. The summed E-state index contributed by atoms with van der Waals surface area (Å²) in [5.74, 6) is -0.509. The summed E-state index contributed by atoms with van der Waals surface area (Å²) in [7, 11) is -3.92. The lowest BCUT2D eigenvalue weighted by Crippen LogP contribution is -2.37. The highest BCUT2D eigenvalue weighted by molar-refractivity contribution is 9.10. The van der Waals surface area contributed by atoms with E-state index in [-0.39, 0.29) is 18.0 Å². The Morgan fingerprint density at radius 3 is 2.13 bits per heavy atom. The van der Waals surface area contributed by atoms with Gasteiger partial charge in [0, 0.05) is 26.8 Å². The molecule has 9 heteroatoms. The van der Waals surface area contributed by atoms with Gasteiger partial charge in [-0.2, -0.15) is 4.31 Å². The molecular formula is C21H17BrCl2N2O3S. The molecule has 0 aliphatic heterocycles. The molecule has 30 heavy (non-hydrogen) atoms. The number of carbonyl (C=O) groups excluding carboxylic acids is 1. The van der Waals surface area contributed by atoms with Gasteiger partial charge in [0.2, 0.25) is 15.9 Å². The largest absolute Gasteiger partial charge is 0.325 e. The second-order valence-corrected chi connectivity index (χ2v) is 10.1. The van der Waals surface area contributed by atoms with Crippen LogP contribution in [0.15, 0.2) is 82.2 Å². The van der Waals surface area contributed by atoms with Crippen molar-refractivity contribution in [3.8, 4) is 0 Å². The SMILES string of the molecule is O=C(CN(Cc1ccccc1)S(=O)(=O)c1ccc(Br)cc1)Nc1cc(Cl)cc(Cl)c1. The van der Waals surface area contributed by atoms with E-state index in [0.29, 0.717) is 15.7 Å². The first-order chi connectivity index (χ1) is 14.2. The highest BCUT2D eigenvalue weighted by Gasteiger charge is 2.27. The maximum atomic E-state index is 13.2. The summed E-state index contributed by atoms with van der Waals surface area (Å²) in [5, 5.41) is 3.38. The average molecular weight is 528 g/mol. The summed E-state index contributed by atoms with van der Waals surface area (Å²) in [6.07, 6.45) is 0. The van der Waals surface area contributed by atoms with Gasteiger partial charge in [0.15, 0.2) is 0 Å². The summed E-state index contributed by atoms with van der Waals surface area (Å²) in [6, 6.07) is 20.0. The molecule has 0 spiro atoms. The lowest BCUT2D eigenvalue weighted by molar-refractivity contribution is -0.116. The van der Waals surface area contributed by atoms with Gasteiger partial charge in [0.1, 0.15) is 0 Å². The van der Waals surface area contributed by atoms with E-state index in [9.17, 15) is 13.2 Å². The number of hydrogen-bond acceptors (Lipinski definition) is 3. The van der Waals surface area contributed by atoms with Gasteiger partial charge in [-0.15, -0.1) is 0 Å². The number of hydrogen-bond donors (Lipinski definition) is 1. The maximum Gasteiger partial charge on any atom is 0.243 e. The minimum Gasteiger partial charge on any atom is -0.325 e. The molecule has 0 saturated carbocycles. The van der Waals surface area contributed by atoms with Crippen LogP contribution in [0.5, 0.6) is 0 Å². The number of sulfonamides is 1. The molecule has 0 unspecified atom stereocenters. The van der Waals surface area contributed by atoms with Gasteiger partial charge in [-0.05, 0) is 48.0 Å². The first-order valence-electron chi connectivity index (χ1n) is 8.79. The smallest absolute Gasteiger partial charge is 0.243 e. The van der Waals surface area contributed by atoms with Crippen LogP contribution >= 0.6 is 39.1 Å². The molecule has 0 heterocycles. The standard InChI is InChI=1S/C21H17BrCl2N2O3S/c22-16-6-8-20(9-7-16)30(28,29)26(13-15-4-2-1-3-5-15)14-21(27)25-19-11-17(23)10-18(24)12-19/h1-12H,13-14H2,(H,25,27). The van der Waals surface area contributed by atoms with Gasteiger partial charge >= 0.3 is 0 Å². The fourth-order valence-electron chi connectivity index (χ4n) is 2.76. The summed E-state index contributed by atoms with van der Waals surface area (Å²) in [6.45, 7) is -0.333. The minimum atomic E-state index is -3.92. The predicted molar refractivity (Wildman–Crippen MR) is 123 cm³/mol. The first kappa shape index (κ1) is 22.8. The monoisotopic (exact) mass is 526 g/mol. The van der Waals surface area contributed by atoms with Crippen molar-refractivity contribution in [2.75, 3.05) is 11.9 Å². The van der Waals surface area contributed by atoms with Crippen molar-refractivity contribution in [2.45, 2.75) is 11.4 Å². The molecule has 0 saturated heterocycles. The van der Waals surface area contributed by atoms with Crippen molar-refractivity contribution in [3.05, 3.63) is 92.9 Å². The van der Waals surface area contributed by atoms with Crippen molar-refractivity contribution < 1.29 is 13.2 Å². The Morgan fingerprint density at radius 2 is 1.53 bits per heavy atom. The van der Waals surface area contributed by atoms with Crippen molar-refractivity contribution >= 4 is 60.7 Å². The fraction of sp³-hybridized carbons (Fsp3) is 0.0952. The molecular weight excluding hydrogens is 511 g/mol. The van der Waals surface area contributed by atoms with E-state index < -0.39 is 15.9 Å². The van der Waals surface area contributed by atoms with Crippen molar-refractivity contribution in [1.29, 1.82) is 0 Å². The molecule has 0 aromatic heterocycles. The molecule has 3 aromatic carbocycles. The van der Waals surface area contributed by atoms with Crippen LogP contribution in [0.2, 0.25) is 10.0 Å². The van der Waals surface area contributed by atoms with E-state index in [2.05, 4.69) is 21.2 Å². The minimum absolute atomic E-state index is 0.0446. The van der Waals surface area contributed by atoms with Gasteiger partial charge < -0.3 is 5.32 Å². The molecule has 1 N–H and O–H groups in total. The third kappa shape index (κ3) is 6.06. The maximum absolute atomic E-state index is 13.2. The lowest BCUT2D eigenvalue weighted by Gasteiger charge is -2.22. The molecule has 156 valence electrons. The van der Waals surface area contributed by atoms with Gasteiger partial charge in [-0.1, -0.05) is 69.5 Å². The van der Waals surface area contributed by atoms with Gasteiger partial charge in [0.25, 0.3) is 0 Å². The summed E-state index contributed by atoms with van der Waals surface area (Å²) in [4.78, 5) is 12.8. The zero-order chi connectivity index (χ0) is 21.7. The topological polar surface area (TPSA) is 66.5 Å². The number of carbonyl (C=O) groups is 1. The van der Waals surface area contributed by atoms with Crippen LogP contribution in [-0.2, 0) is 21.4 Å². The highest BCUT2D eigenvalue weighted by Crippen LogP contribution is 2.24. The molecule has 0 aliphatic carbocycles. The summed E-state index contributed by atoms with van der Waals surface area (Å²) >= 11 is 15.2. The van der Waals surface area contributed by atoms with E-state index >= 15 is 0 Å². The van der Waals surface area contributed by atoms with E-state index in [4.69, 9.17) is 23.2 Å². The first-order valence-corrected chi connectivity index (χ1v) is 11.8. The van der Waals surface area contributed by atoms with E-state index in [1.807, 2.05) is 18.2 Å². The fourth-order valence-corrected chi connectivity index (χ4v) is 4.93. The van der Waals surface area contributed by atoms with E-state index in [0.717, 1.165) is 14.3 Å². The molecule has 0 radical (unpaired) electrons. The van der Waals surface area contributed by atoms with Crippen molar-refractivity contribution in [1.82, 2.24) is 4.31 Å². The summed E-state index contributed by atoms with van der Waals surface area (Å²) < 4.78 is 28.4. The van der Waals surface area contributed by atoms with Crippen LogP contribution in [0, 0.1) is 0 Å². The summed E-state index contributed by atoms with van der Waals surface area (Å²) in [5.41, 5.74) is 1.15. The normalized spacial score (nSPS) is 11.5. The molecule has 0 bridgehead atoms. The Labute approximate surface area is 193 Å². The molecule has 3 aromatic rings. The molecule has 1 amide bonds. The Balaban J connectivity index is 1.87. The zero-order valence-corrected chi connectivity index (χ0v) is 19.5. The molecule has 0 aliphatic rings. The van der Waals surface area contributed by atoms with Crippen molar-refractivity contribution in [2.24, 2.45) is 0 Å². The number of benzene rings is 3. The third-order valence-corrected chi connectivity index (χ3v) is 6.89. The molecule has 3 rings (SSSR count). The Kier molecular flexibility index (Phi) is 7.55. The number of nitrogens with zero attached hydrogens (tertiary/aromatic N) is 1. The Hall–Kier alpha value is -1.90. The van der Waals surface area contributed by atoms with Crippen LogP contribution in [0.1, 0.15) is 5.56 Å². The molecule has 0 atom stereocenters. The Morgan fingerprint density at radius 1 is 0.933 bits per heavy atom. The van der Waals surface area contributed by atoms with Crippen LogP contribution in [0.3, 0.4) is 0 Å². The van der Waals surface area contributed by atoms with Gasteiger partial charge in [-0.3, -0.25) is 4.79 Å². The zero-order valence-electron chi connectivity index (χ0n) is 15.6. The van der Waals surface area contributed by atoms with Crippen molar-refractivity contribution in [3.63, 3.8) is 0 Å². The van der Waals surface area contributed by atoms with Crippen LogP contribution < -0.4 is 5.32 Å². The Bertz CT molecular complexity index is 1120. The van der Waals surface area contributed by atoms with Crippen LogP contribution in [0.25, 0.3) is 0 Å². The lowest BCUT2D eigenvalue weighted by atomic mass is 10.2. The van der Waals surface area contributed by atoms with E-state index in [1.165, 1.54) is 24.3 Å². The van der Waals surface area contributed by atoms with Gasteiger partial charge in [0.05, 0.1) is 11.4 Å². The third-order valence-electron chi connectivity index (χ3n) is 4.12. The molecule has 0 fully saturated rings. The number of amides is 1. The average Bonchev–Trinajstić information content (AvgIpc) is 2.68. The molecule has 5 nitrogen and oxygen atoms in total. The number of halogens is 3. The highest BCUT2D eigenvalue weighted by atomic mass is 79.9.